The summed E-state index contributed by atoms with van der Waals surface area (Å²) < 4.78 is 6.44. The van der Waals surface area contributed by atoms with Crippen molar-refractivity contribution in [3.8, 4) is 0 Å². The van der Waals surface area contributed by atoms with Crippen LogP contribution < -0.4 is 10.6 Å². The Bertz CT molecular complexity index is 727. The molecule has 1 saturated carbocycles. The predicted molar refractivity (Wildman–Crippen MR) is 83.8 cm³/mol. The Kier molecular flexibility index (Phi) is 4.59. The van der Waals surface area contributed by atoms with Crippen molar-refractivity contribution >= 4 is 17.6 Å². The summed E-state index contributed by atoms with van der Waals surface area (Å²) in [6.45, 7) is 4.00. The molecule has 9 heteroatoms. The Hall–Kier alpha value is -2.71. The van der Waals surface area contributed by atoms with Gasteiger partial charge in [-0.25, -0.2) is 4.68 Å². The predicted octanol–water partition coefficient (Wildman–Crippen LogP) is 0.938. The van der Waals surface area contributed by atoms with Gasteiger partial charge < -0.3 is 15.2 Å². The first-order valence-corrected chi connectivity index (χ1v) is 7.92. The van der Waals surface area contributed by atoms with E-state index < -0.39 is 0 Å². The molecule has 2 aromatic rings. The average molecular weight is 332 g/mol. The topological polar surface area (TPSA) is 115 Å². The van der Waals surface area contributed by atoms with Crippen LogP contribution in [0.2, 0.25) is 0 Å². The van der Waals surface area contributed by atoms with Crippen molar-refractivity contribution in [1.29, 1.82) is 0 Å². The van der Waals surface area contributed by atoms with E-state index in [1.807, 2.05) is 6.92 Å². The molecule has 24 heavy (non-hydrogen) atoms. The maximum atomic E-state index is 12.0. The quantitative estimate of drug-likeness (QED) is 0.813. The summed E-state index contributed by atoms with van der Waals surface area (Å²) in [4.78, 5) is 23.8. The molecule has 2 N–H and O–H groups in total. The van der Waals surface area contributed by atoms with Gasteiger partial charge in [0, 0.05) is 18.0 Å². The molecule has 2 amide bonds. The zero-order chi connectivity index (χ0) is 17.1. The second-order valence-corrected chi connectivity index (χ2v) is 6.00. The van der Waals surface area contributed by atoms with Gasteiger partial charge in [0.1, 0.15) is 12.3 Å². The maximum absolute atomic E-state index is 12.0. The monoisotopic (exact) mass is 332 g/mol. The van der Waals surface area contributed by atoms with Crippen LogP contribution in [0.15, 0.2) is 10.7 Å². The summed E-state index contributed by atoms with van der Waals surface area (Å²) >= 11 is 0. The molecule has 0 bridgehead atoms. The summed E-state index contributed by atoms with van der Waals surface area (Å²) in [6.07, 6.45) is 4.48. The molecule has 0 atom stereocenters. The summed E-state index contributed by atoms with van der Waals surface area (Å²) in [5, 5.41) is 17.1. The Balaban J connectivity index is 1.49. The lowest BCUT2D eigenvalue weighted by molar-refractivity contribution is -0.122. The van der Waals surface area contributed by atoms with Crippen molar-refractivity contribution in [2.75, 3.05) is 5.32 Å². The summed E-state index contributed by atoms with van der Waals surface area (Å²) in [7, 11) is 0. The fraction of sp³-hybridized carbons (Fsp3) is 0.533. The van der Waals surface area contributed by atoms with Crippen LogP contribution in [0, 0.1) is 19.8 Å². The van der Waals surface area contributed by atoms with E-state index in [4.69, 9.17) is 4.52 Å². The van der Waals surface area contributed by atoms with Crippen LogP contribution in [0.1, 0.15) is 36.3 Å². The van der Waals surface area contributed by atoms with Gasteiger partial charge in [0.05, 0.1) is 11.9 Å². The van der Waals surface area contributed by atoms with Gasteiger partial charge in [-0.15, -0.1) is 5.10 Å². The lowest BCUT2D eigenvalue weighted by Crippen LogP contribution is -2.28. The molecule has 1 aliphatic rings. The fourth-order valence-corrected chi connectivity index (χ4v) is 2.48. The molecule has 0 saturated heterocycles. The largest absolute Gasteiger partial charge is 0.361 e. The van der Waals surface area contributed by atoms with E-state index in [2.05, 4.69) is 26.1 Å². The van der Waals surface area contributed by atoms with Crippen molar-refractivity contribution in [2.45, 2.75) is 46.2 Å². The number of carbonyl (C=O) groups excluding carboxylic acids is 2. The van der Waals surface area contributed by atoms with Gasteiger partial charge in [-0.3, -0.25) is 9.59 Å². The average Bonchev–Trinajstić information content (AvgIpc) is 3.02. The van der Waals surface area contributed by atoms with Crippen LogP contribution in [-0.2, 0) is 22.7 Å². The van der Waals surface area contributed by atoms with E-state index >= 15 is 0 Å². The van der Waals surface area contributed by atoms with Crippen LogP contribution in [-0.4, -0.2) is 32.0 Å². The summed E-state index contributed by atoms with van der Waals surface area (Å²) in [5.41, 5.74) is 1.63. The van der Waals surface area contributed by atoms with E-state index in [9.17, 15) is 9.59 Å². The van der Waals surface area contributed by atoms with Gasteiger partial charge in [0.2, 0.25) is 11.8 Å². The van der Waals surface area contributed by atoms with Crippen molar-refractivity contribution in [1.82, 2.24) is 25.5 Å². The van der Waals surface area contributed by atoms with Gasteiger partial charge in [-0.2, -0.15) is 0 Å². The van der Waals surface area contributed by atoms with Gasteiger partial charge >= 0.3 is 0 Å². The molecule has 1 aliphatic carbocycles. The molecule has 0 aromatic carbocycles. The van der Waals surface area contributed by atoms with Gasteiger partial charge in [0.25, 0.3) is 0 Å². The highest BCUT2D eigenvalue weighted by Crippen LogP contribution is 2.27. The number of nitrogens with zero attached hydrogens (tertiary/aromatic N) is 4. The Morgan fingerprint density at radius 1 is 1.38 bits per heavy atom. The Morgan fingerprint density at radius 3 is 2.79 bits per heavy atom. The van der Waals surface area contributed by atoms with Crippen molar-refractivity contribution in [2.24, 2.45) is 5.92 Å². The molecule has 0 spiro atoms. The Labute approximate surface area is 138 Å². The lowest BCUT2D eigenvalue weighted by Gasteiger charge is -2.23. The number of anilines is 1. The number of nitrogens with one attached hydrogen (secondary N) is 2. The number of aryl methyl sites for hydroxylation is 2. The highest BCUT2D eigenvalue weighted by atomic mass is 16.5. The first kappa shape index (κ1) is 16.2. The van der Waals surface area contributed by atoms with Crippen LogP contribution in [0.25, 0.3) is 0 Å². The van der Waals surface area contributed by atoms with E-state index in [1.165, 1.54) is 4.68 Å². The number of rotatable bonds is 6. The number of amides is 2. The third kappa shape index (κ3) is 3.61. The highest BCUT2D eigenvalue weighted by molar-refractivity contribution is 5.92. The van der Waals surface area contributed by atoms with Crippen molar-refractivity contribution in [3.05, 3.63) is 23.2 Å². The first-order valence-electron chi connectivity index (χ1n) is 7.92. The molecule has 3 rings (SSSR count). The molecule has 0 aliphatic heterocycles. The maximum Gasteiger partial charge on any atom is 0.242 e. The normalized spacial score (nSPS) is 14.2. The minimum atomic E-state index is -0.211. The molecular weight excluding hydrogens is 312 g/mol. The number of hydrogen-bond acceptors (Lipinski definition) is 6. The minimum absolute atomic E-state index is 0.0235. The number of carbonyl (C=O) groups is 2. The molecule has 2 aromatic heterocycles. The Morgan fingerprint density at radius 2 is 2.17 bits per heavy atom. The van der Waals surface area contributed by atoms with Crippen LogP contribution in [0.5, 0.6) is 0 Å². The van der Waals surface area contributed by atoms with Gasteiger partial charge in [-0.05, 0) is 26.7 Å². The van der Waals surface area contributed by atoms with Crippen LogP contribution >= 0.6 is 0 Å². The van der Waals surface area contributed by atoms with Gasteiger partial charge in [0.15, 0.2) is 5.82 Å². The van der Waals surface area contributed by atoms with Gasteiger partial charge in [-0.1, -0.05) is 16.8 Å². The fourth-order valence-electron chi connectivity index (χ4n) is 2.48. The first-order chi connectivity index (χ1) is 11.5. The number of hydrogen-bond donors (Lipinski definition) is 2. The second-order valence-electron chi connectivity index (χ2n) is 6.00. The lowest BCUT2D eigenvalue weighted by atomic mass is 9.85. The molecule has 2 heterocycles. The SMILES string of the molecule is Cc1noc(C)c1CNC(=O)Cn1cc(NC(=O)C2CCC2)nn1. The van der Waals surface area contributed by atoms with E-state index in [0.717, 1.165) is 30.5 Å². The molecule has 0 radical (unpaired) electrons. The zero-order valence-corrected chi connectivity index (χ0v) is 13.7. The van der Waals surface area contributed by atoms with E-state index in [1.54, 1.807) is 13.1 Å². The standard InChI is InChI=1S/C15H20N6O3/c1-9-12(10(2)24-19-9)6-16-14(22)8-21-7-13(18-20-21)17-15(23)11-4-3-5-11/h7,11H,3-6,8H2,1-2H3,(H,16,22)(H,17,23). The van der Waals surface area contributed by atoms with Crippen LogP contribution in [0.3, 0.4) is 0 Å². The third-order valence-electron chi connectivity index (χ3n) is 4.22. The molecule has 0 unspecified atom stereocenters. The molecule has 1 fully saturated rings. The third-order valence-corrected chi connectivity index (χ3v) is 4.22. The molecule has 128 valence electrons. The minimum Gasteiger partial charge on any atom is -0.361 e. The highest BCUT2D eigenvalue weighted by Gasteiger charge is 2.25. The summed E-state index contributed by atoms with van der Waals surface area (Å²) in [6, 6.07) is 0. The zero-order valence-electron chi connectivity index (χ0n) is 13.7. The molecule has 9 nitrogen and oxygen atoms in total. The van der Waals surface area contributed by atoms with Crippen LogP contribution in [0.4, 0.5) is 5.82 Å². The summed E-state index contributed by atoms with van der Waals surface area (Å²) in [5.74, 6) is 0.890. The second kappa shape index (κ2) is 6.81. The van der Waals surface area contributed by atoms with Crippen molar-refractivity contribution < 1.29 is 14.1 Å². The smallest absolute Gasteiger partial charge is 0.242 e. The van der Waals surface area contributed by atoms with E-state index in [0.29, 0.717) is 18.1 Å². The number of aromatic nitrogens is 4. The van der Waals surface area contributed by atoms with E-state index in [-0.39, 0.29) is 24.3 Å². The van der Waals surface area contributed by atoms with Crippen molar-refractivity contribution in [3.63, 3.8) is 0 Å². The molecular formula is C15H20N6O3.